The summed E-state index contributed by atoms with van der Waals surface area (Å²) >= 11 is 0. The van der Waals surface area contributed by atoms with Gasteiger partial charge < -0.3 is 0 Å². The summed E-state index contributed by atoms with van der Waals surface area (Å²) in [6.07, 6.45) is 0. The van der Waals surface area contributed by atoms with Gasteiger partial charge in [-0.1, -0.05) is 0 Å². The molecule has 1 aromatic carbocycles. The number of nitrogens with zero attached hydrogens (tertiary/aromatic N) is 3. The Morgan fingerprint density at radius 2 is 2.00 bits per heavy atom. The highest BCUT2D eigenvalue weighted by Gasteiger charge is 2.24. The number of halogens is 1. The van der Waals surface area contributed by atoms with Crippen LogP contribution in [-0.2, 0) is 0 Å². The van der Waals surface area contributed by atoms with E-state index in [1.165, 1.54) is 24.3 Å². The molecule has 1 aliphatic heterocycles. The van der Waals surface area contributed by atoms with Gasteiger partial charge in [0.25, 0.3) is 11.5 Å². The third-order valence-electron chi connectivity index (χ3n) is 3.00. The first-order valence-electron chi connectivity index (χ1n) is 5.97. The van der Waals surface area contributed by atoms with Gasteiger partial charge in [0, 0.05) is 5.56 Å². The summed E-state index contributed by atoms with van der Waals surface area (Å²) in [6, 6.07) is 6.98. The largest absolute Gasteiger partial charge is 0.290 e. The fourth-order valence-electron chi connectivity index (χ4n) is 2.03. The number of nitrogens with one attached hydrogen (secondary N) is 2. The molecule has 8 heteroatoms. The van der Waals surface area contributed by atoms with Crippen LogP contribution in [0.2, 0.25) is 0 Å². The summed E-state index contributed by atoms with van der Waals surface area (Å²) in [5.41, 5.74) is 4.68. The Morgan fingerprint density at radius 1 is 1.29 bits per heavy atom. The first-order valence-corrected chi connectivity index (χ1v) is 5.97. The number of fused-ring (bicyclic) bond motifs is 1. The Kier molecular flexibility index (Phi) is 2.97. The van der Waals surface area contributed by atoms with Crippen molar-refractivity contribution in [3.05, 3.63) is 46.0 Å². The number of rotatable bonds is 1. The average Bonchev–Trinajstić information content (AvgIpc) is 2.48. The van der Waals surface area contributed by atoms with E-state index >= 15 is 0 Å². The van der Waals surface area contributed by atoms with Gasteiger partial charge in [0.2, 0.25) is 5.95 Å². The fraction of sp³-hybridized carbons (Fsp3) is 0.0769. The molecule has 3 rings (SSSR count). The molecular formula is C13H8FN5O2. The topological polar surface area (TPSA) is 99.8 Å². The maximum atomic E-state index is 13.0. The summed E-state index contributed by atoms with van der Waals surface area (Å²) in [4.78, 5) is 28.1. The van der Waals surface area contributed by atoms with E-state index in [1.807, 2.05) is 0 Å². The Balaban J connectivity index is 2.30. The highest BCUT2D eigenvalue weighted by molar-refractivity contribution is 5.86. The van der Waals surface area contributed by atoms with Crippen molar-refractivity contribution < 1.29 is 9.18 Å². The molecule has 2 N–H and O–H groups in total. The zero-order chi connectivity index (χ0) is 15.0. The normalized spacial score (nSPS) is 13.2. The Hall–Kier alpha value is -3.05. The second kappa shape index (κ2) is 4.81. The molecule has 0 fully saturated rings. The van der Waals surface area contributed by atoms with Gasteiger partial charge >= 0.3 is 0 Å². The Morgan fingerprint density at radius 3 is 2.67 bits per heavy atom. The van der Waals surface area contributed by atoms with Crippen LogP contribution in [0.15, 0.2) is 29.1 Å². The number of hydrogen-bond donors (Lipinski definition) is 2. The van der Waals surface area contributed by atoms with E-state index in [-0.39, 0.29) is 23.8 Å². The summed E-state index contributed by atoms with van der Waals surface area (Å²) in [5, 5.41) is 9.18. The minimum Gasteiger partial charge on any atom is -0.290 e. The third-order valence-corrected chi connectivity index (χ3v) is 3.00. The molecule has 2 aromatic rings. The second-order valence-corrected chi connectivity index (χ2v) is 4.29. The molecule has 0 unspecified atom stereocenters. The molecule has 0 spiro atoms. The van der Waals surface area contributed by atoms with Crippen molar-refractivity contribution in [3.8, 4) is 17.3 Å². The van der Waals surface area contributed by atoms with E-state index in [2.05, 4.69) is 15.8 Å². The Labute approximate surface area is 117 Å². The van der Waals surface area contributed by atoms with Gasteiger partial charge in [0.05, 0.1) is 12.2 Å². The summed E-state index contributed by atoms with van der Waals surface area (Å²) < 4.78 is 13.8. The van der Waals surface area contributed by atoms with Gasteiger partial charge in [0.15, 0.2) is 0 Å². The lowest BCUT2D eigenvalue weighted by Crippen LogP contribution is -2.45. The standard InChI is InChI=1S/C13H8FN5O2/c14-8-3-1-7(2-4-8)11-9(5-15)12(21)19-10(20)6-16-18-13(19)17-11/h1-4,16H,6H2,(H,17,18). The van der Waals surface area contributed by atoms with Gasteiger partial charge in [-0.05, 0) is 24.3 Å². The lowest BCUT2D eigenvalue weighted by molar-refractivity contribution is 0.0902. The first kappa shape index (κ1) is 13.0. The minimum atomic E-state index is -0.749. The van der Waals surface area contributed by atoms with Crippen molar-refractivity contribution in [2.24, 2.45) is 0 Å². The van der Waals surface area contributed by atoms with Crippen LogP contribution in [0.1, 0.15) is 10.4 Å². The molecule has 0 atom stereocenters. The molecule has 1 aliphatic rings. The van der Waals surface area contributed by atoms with E-state index in [4.69, 9.17) is 0 Å². The highest BCUT2D eigenvalue weighted by Crippen LogP contribution is 2.21. The van der Waals surface area contributed by atoms with Crippen molar-refractivity contribution in [2.75, 3.05) is 12.0 Å². The number of carbonyl (C=O) groups excluding carboxylic acids is 1. The number of benzene rings is 1. The van der Waals surface area contributed by atoms with E-state index in [0.29, 0.717) is 5.56 Å². The highest BCUT2D eigenvalue weighted by atomic mass is 19.1. The lowest BCUT2D eigenvalue weighted by Gasteiger charge is -2.19. The van der Waals surface area contributed by atoms with Crippen molar-refractivity contribution in [1.82, 2.24) is 15.0 Å². The predicted octanol–water partition coefficient (Wildman–Crippen LogP) is 0.491. The summed E-state index contributed by atoms with van der Waals surface area (Å²) in [7, 11) is 0. The summed E-state index contributed by atoms with van der Waals surface area (Å²) in [5.74, 6) is -0.958. The molecule has 0 amide bonds. The number of hydrazine groups is 1. The van der Waals surface area contributed by atoms with Gasteiger partial charge in [0.1, 0.15) is 17.4 Å². The number of aromatic nitrogens is 2. The van der Waals surface area contributed by atoms with Crippen LogP contribution in [0.3, 0.4) is 0 Å². The monoisotopic (exact) mass is 285 g/mol. The van der Waals surface area contributed by atoms with E-state index in [1.54, 1.807) is 6.07 Å². The van der Waals surface area contributed by atoms with E-state index < -0.39 is 17.3 Å². The van der Waals surface area contributed by atoms with Gasteiger partial charge in [-0.25, -0.2) is 19.4 Å². The number of anilines is 1. The predicted molar refractivity (Wildman–Crippen MR) is 70.9 cm³/mol. The SMILES string of the molecule is N#Cc1c(-c2ccc(F)cc2)nc2n(c1=O)C(=O)CNN2. The average molecular weight is 285 g/mol. The molecule has 21 heavy (non-hydrogen) atoms. The minimum absolute atomic E-state index is 0.00502. The van der Waals surface area contributed by atoms with Gasteiger partial charge in [-0.3, -0.25) is 15.0 Å². The molecule has 1 aromatic heterocycles. The van der Waals surface area contributed by atoms with E-state index in [0.717, 1.165) is 4.57 Å². The molecule has 0 saturated carbocycles. The van der Waals surface area contributed by atoms with Crippen LogP contribution in [0, 0.1) is 17.1 Å². The maximum Gasteiger partial charge on any atom is 0.280 e. The van der Waals surface area contributed by atoms with Gasteiger partial charge in [-0.2, -0.15) is 5.26 Å². The number of nitriles is 1. The fourth-order valence-corrected chi connectivity index (χ4v) is 2.03. The second-order valence-electron chi connectivity index (χ2n) is 4.29. The number of hydrogen-bond acceptors (Lipinski definition) is 6. The van der Waals surface area contributed by atoms with E-state index in [9.17, 15) is 19.2 Å². The Bertz CT molecular complexity index is 835. The lowest BCUT2D eigenvalue weighted by atomic mass is 10.1. The molecule has 2 heterocycles. The number of carbonyl (C=O) groups is 1. The van der Waals surface area contributed by atoms with Crippen LogP contribution in [0.5, 0.6) is 0 Å². The van der Waals surface area contributed by atoms with Crippen molar-refractivity contribution in [3.63, 3.8) is 0 Å². The molecule has 0 bridgehead atoms. The zero-order valence-corrected chi connectivity index (χ0v) is 10.6. The summed E-state index contributed by atoms with van der Waals surface area (Å²) in [6.45, 7) is -0.0879. The zero-order valence-electron chi connectivity index (χ0n) is 10.6. The molecular weight excluding hydrogens is 277 g/mol. The van der Waals surface area contributed by atoms with Crippen molar-refractivity contribution in [1.29, 1.82) is 5.26 Å². The molecule has 104 valence electrons. The van der Waals surface area contributed by atoms with Crippen LogP contribution in [0.25, 0.3) is 11.3 Å². The van der Waals surface area contributed by atoms with Gasteiger partial charge in [-0.15, -0.1) is 0 Å². The van der Waals surface area contributed by atoms with Crippen LogP contribution in [-0.4, -0.2) is 22.0 Å². The third kappa shape index (κ3) is 2.05. The molecule has 0 radical (unpaired) electrons. The molecule has 0 saturated heterocycles. The van der Waals surface area contributed by atoms with Crippen LogP contribution >= 0.6 is 0 Å². The maximum absolute atomic E-state index is 13.0. The van der Waals surface area contributed by atoms with Crippen LogP contribution in [0.4, 0.5) is 10.3 Å². The quantitative estimate of drug-likeness (QED) is 0.791. The smallest absolute Gasteiger partial charge is 0.280 e. The van der Waals surface area contributed by atoms with Crippen LogP contribution < -0.4 is 16.4 Å². The molecule has 7 nitrogen and oxygen atoms in total. The molecule has 0 aliphatic carbocycles. The first-order chi connectivity index (χ1) is 10.1. The van der Waals surface area contributed by atoms with Crippen molar-refractivity contribution in [2.45, 2.75) is 0 Å². The van der Waals surface area contributed by atoms with Crippen molar-refractivity contribution >= 4 is 11.9 Å².